The fourth-order valence-electron chi connectivity index (χ4n) is 5.18. The Labute approximate surface area is 171 Å². The second-order valence-corrected chi connectivity index (χ2v) is 10.7. The number of hydrogen-bond donors (Lipinski definition) is 1. The van der Waals surface area contributed by atoms with E-state index in [4.69, 9.17) is 9.84 Å². The molecule has 162 valence electrons. The van der Waals surface area contributed by atoms with E-state index in [1.807, 2.05) is 20.8 Å². The van der Waals surface area contributed by atoms with Crippen LogP contribution >= 0.6 is 0 Å². The van der Waals surface area contributed by atoms with Crippen molar-refractivity contribution in [2.75, 3.05) is 0 Å². The van der Waals surface area contributed by atoms with E-state index in [1.165, 1.54) is 25.7 Å². The summed E-state index contributed by atoms with van der Waals surface area (Å²) in [5, 5.41) is 8.44. The SMILES string of the molecule is CCC(C)(C)C(=O)O.CCC1CC2C3CC(OC(=O)C(C)(C)CC)C(C3)C2C1. The third kappa shape index (κ3) is 4.74. The van der Waals surface area contributed by atoms with Gasteiger partial charge in [-0.05, 0) is 95.8 Å². The predicted octanol–water partition coefficient (Wildman–Crippen LogP) is 5.93. The Bertz CT molecular complexity index is 565. The third-order valence-electron chi connectivity index (χ3n) is 8.24. The fraction of sp³-hybridized carbons (Fsp3) is 0.917. The monoisotopic (exact) mass is 394 g/mol. The number of aliphatic carboxylic acids is 1. The maximum atomic E-state index is 12.3. The van der Waals surface area contributed by atoms with Gasteiger partial charge in [0.1, 0.15) is 6.10 Å². The van der Waals surface area contributed by atoms with Crippen LogP contribution in [0.3, 0.4) is 0 Å². The standard InChI is InChI=1S/C18H30O2.C6H12O2/c1-5-11-7-13-12-9-15(14(13)8-11)16(10-12)20-17(19)18(3,4)6-2;1-4-6(2,3)5(7)8/h11-16H,5-10H2,1-4H3;4H2,1-3H3,(H,7,8). The van der Waals surface area contributed by atoms with E-state index in [0.29, 0.717) is 12.3 Å². The van der Waals surface area contributed by atoms with Crippen molar-refractivity contribution in [3.05, 3.63) is 0 Å². The lowest BCUT2D eigenvalue weighted by atomic mass is 9.80. The van der Waals surface area contributed by atoms with Crippen LogP contribution in [-0.4, -0.2) is 23.1 Å². The van der Waals surface area contributed by atoms with Gasteiger partial charge >= 0.3 is 11.9 Å². The summed E-state index contributed by atoms with van der Waals surface area (Å²) in [4.78, 5) is 22.6. The Hall–Kier alpha value is -1.06. The summed E-state index contributed by atoms with van der Waals surface area (Å²) in [6, 6.07) is 0. The first-order valence-corrected chi connectivity index (χ1v) is 11.4. The van der Waals surface area contributed by atoms with Gasteiger partial charge in [-0.2, -0.15) is 0 Å². The molecule has 3 aliphatic rings. The molecule has 6 unspecified atom stereocenters. The van der Waals surface area contributed by atoms with Crippen molar-refractivity contribution < 1.29 is 19.4 Å². The summed E-state index contributed by atoms with van der Waals surface area (Å²) in [6.45, 7) is 13.7. The highest BCUT2D eigenvalue weighted by Crippen LogP contribution is 2.61. The Morgan fingerprint density at radius 3 is 1.89 bits per heavy atom. The van der Waals surface area contributed by atoms with Crippen molar-refractivity contribution in [2.45, 2.75) is 99.5 Å². The second-order valence-electron chi connectivity index (χ2n) is 10.7. The molecule has 0 spiro atoms. The van der Waals surface area contributed by atoms with Gasteiger partial charge in [-0.15, -0.1) is 0 Å². The summed E-state index contributed by atoms with van der Waals surface area (Å²) in [5.41, 5.74) is -0.858. The van der Waals surface area contributed by atoms with E-state index in [9.17, 15) is 9.59 Å². The van der Waals surface area contributed by atoms with E-state index in [1.54, 1.807) is 13.8 Å². The highest BCUT2D eigenvalue weighted by atomic mass is 16.5. The van der Waals surface area contributed by atoms with Gasteiger partial charge in [-0.25, -0.2) is 0 Å². The number of carboxylic acids is 1. The smallest absolute Gasteiger partial charge is 0.311 e. The van der Waals surface area contributed by atoms with Crippen molar-refractivity contribution in [1.82, 2.24) is 0 Å². The van der Waals surface area contributed by atoms with E-state index in [-0.39, 0.29) is 17.5 Å². The topological polar surface area (TPSA) is 63.6 Å². The normalized spacial score (nSPS) is 33.8. The molecule has 0 saturated heterocycles. The Morgan fingerprint density at radius 1 is 0.857 bits per heavy atom. The molecule has 28 heavy (non-hydrogen) atoms. The summed E-state index contributed by atoms with van der Waals surface area (Å²) < 4.78 is 5.94. The molecule has 0 radical (unpaired) electrons. The van der Waals surface area contributed by atoms with Crippen LogP contribution in [0.2, 0.25) is 0 Å². The number of ether oxygens (including phenoxy) is 1. The minimum Gasteiger partial charge on any atom is -0.481 e. The zero-order chi connectivity index (χ0) is 21.3. The zero-order valence-corrected chi connectivity index (χ0v) is 19.1. The molecule has 3 fully saturated rings. The lowest BCUT2D eigenvalue weighted by Gasteiger charge is -2.33. The van der Waals surface area contributed by atoms with Crippen LogP contribution in [0.15, 0.2) is 0 Å². The molecule has 3 saturated carbocycles. The van der Waals surface area contributed by atoms with Crippen molar-refractivity contribution in [3.63, 3.8) is 0 Å². The number of carboxylic acid groups (broad SMARTS) is 1. The van der Waals surface area contributed by atoms with Gasteiger partial charge in [0.05, 0.1) is 10.8 Å². The molecule has 3 rings (SSSR count). The second kappa shape index (κ2) is 8.75. The van der Waals surface area contributed by atoms with Gasteiger partial charge in [0.25, 0.3) is 0 Å². The molecule has 4 heteroatoms. The molecule has 4 nitrogen and oxygen atoms in total. The fourth-order valence-corrected chi connectivity index (χ4v) is 5.18. The summed E-state index contributed by atoms with van der Waals surface area (Å²) in [6.07, 6.45) is 8.43. The van der Waals surface area contributed by atoms with E-state index in [0.717, 1.165) is 36.5 Å². The number of carbonyl (C=O) groups is 2. The van der Waals surface area contributed by atoms with Crippen LogP contribution in [0.25, 0.3) is 0 Å². The van der Waals surface area contributed by atoms with E-state index in [2.05, 4.69) is 13.8 Å². The van der Waals surface area contributed by atoms with Crippen molar-refractivity contribution in [3.8, 4) is 0 Å². The molecule has 0 aliphatic heterocycles. The number of hydrogen-bond acceptors (Lipinski definition) is 3. The molecule has 0 aromatic rings. The number of esters is 1. The van der Waals surface area contributed by atoms with Gasteiger partial charge in [-0.1, -0.05) is 27.2 Å². The minimum atomic E-state index is -0.722. The summed E-state index contributed by atoms with van der Waals surface area (Å²) in [7, 11) is 0. The van der Waals surface area contributed by atoms with Crippen molar-refractivity contribution >= 4 is 11.9 Å². The Balaban J connectivity index is 0.000000300. The maximum absolute atomic E-state index is 12.3. The summed E-state index contributed by atoms with van der Waals surface area (Å²) >= 11 is 0. The lowest BCUT2D eigenvalue weighted by Crippen LogP contribution is -2.36. The Morgan fingerprint density at radius 2 is 1.43 bits per heavy atom. The Kier molecular flexibility index (Phi) is 7.26. The molecule has 1 N–H and O–H groups in total. The van der Waals surface area contributed by atoms with E-state index < -0.39 is 11.4 Å². The van der Waals surface area contributed by atoms with Crippen LogP contribution in [0.4, 0.5) is 0 Å². The predicted molar refractivity (Wildman–Crippen MR) is 112 cm³/mol. The van der Waals surface area contributed by atoms with Crippen molar-refractivity contribution in [1.29, 1.82) is 0 Å². The summed E-state index contributed by atoms with van der Waals surface area (Å²) in [5.74, 6) is 3.60. The first-order chi connectivity index (χ1) is 13.0. The number of fused-ring (bicyclic) bond motifs is 5. The van der Waals surface area contributed by atoms with Gasteiger partial charge in [0.2, 0.25) is 0 Å². The first-order valence-electron chi connectivity index (χ1n) is 11.4. The van der Waals surface area contributed by atoms with Gasteiger partial charge in [0.15, 0.2) is 0 Å². The molecule has 0 aromatic carbocycles. The number of rotatable bonds is 6. The third-order valence-corrected chi connectivity index (χ3v) is 8.24. The van der Waals surface area contributed by atoms with Crippen LogP contribution in [0.5, 0.6) is 0 Å². The van der Waals surface area contributed by atoms with Crippen LogP contribution in [0, 0.1) is 40.4 Å². The van der Waals surface area contributed by atoms with Crippen molar-refractivity contribution in [2.24, 2.45) is 40.4 Å². The van der Waals surface area contributed by atoms with Crippen LogP contribution in [-0.2, 0) is 14.3 Å². The molecule has 0 aromatic heterocycles. The van der Waals surface area contributed by atoms with Gasteiger partial charge in [0, 0.05) is 0 Å². The van der Waals surface area contributed by atoms with Gasteiger partial charge in [-0.3, -0.25) is 9.59 Å². The molecule has 0 heterocycles. The minimum absolute atomic E-state index is 0.0270. The zero-order valence-electron chi connectivity index (χ0n) is 19.1. The first kappa shape index (κ1) is 23.2. The highest BCUT2D eigenvalue weighted by Gasteiger charge is 2.57. The van der Waals surface area contributed by atoms with E-state index >= 15 is 0 Å². The largest absolute Gasteiger partial charge is 0.481 e. The average Bonchev–Trinajstić information content (AvgIpc) is 3.33. The maximum Gasteiger partial charge on any atom is 0.311 e. The average molecular weight is 395 g/mol. The molecule has 6 atom stereocenters. The van der Waals surface area contributed by atoms with Crippen LogP contribution in [0.1, 0.15) is 93.4 Å². The lowest BCUT2D eigenvalue weighted by molar-refractivity contribution is -0.164. The molecular formula is C24H42O4. The molecular weight excluding hydrogens is 352 g/mol. The molecule has 2 bridgehead atoms. The van der Waals surface area contributed by atoms with Crippen LogP contribution < -0.4 is 0 Å². The van der Waals surface area contributed by atoms with Gasteiger partial charge < -0.3 is 9.84 Å². The number of carbonyl (C=O) groups excluding carboxylic acids is 1. The molecule has 0 amide bonds. The quantitative estimate of drug-likeness (QED) is 0.567. The highest BCUT2D eigenvalue weighted by molar-refractivity contribution is 5.76. The molecule has 3 aliphatic carbocycles.